The molecule has 0 heterocycles. The quantitative estimate of drug-likeness (QED) is 0.723. The van der Waals surface area contributed by atoms with Gasteiger partial charge in [-0.1, -0.05) is 36.4 Å². The number of aliphatic hydroxyl groups is 1. The summed E-state index contributed by atoms with van der Waals surface area (Å²) in [6.45, 7) is 0.981. The predicted molar refractivity (Wildman–Crippen MR) is 85.7 cm³/mol. The van der Waals surface area contributed by atoms with Gasteiger partial charge in [0.05, 0.1) is 6.10 Å². The van der Waals surface area contributed by atoms with Crippen LogP contribution in [0.1, 0.15) is 30.9 Å². The first-order valence-electron chi connectivity index (χ1n) is 7.45. The molecule has 0 aliphatic rings. The van der Waals surface area contributed by atoms with Crippen LogP contribution in [0.4, 0.5) is 0 Å². The second kappa shape index (κ2) is 8.45. The molecule has 0 saturated carbocycles. The van der Waals surface area contributed by atoms with E-state index in [2.05, 4.69) is 5.32 Å². The highest BCUT2D eigenvalue weighted by atomic mass is 16.5. The molecule has 0 radical (unpaired) electrons. The fourth-order valence-electron chi connectivity index (χ4n) is 2.26. The summed E-state index contributed by atoms with van der Waals surface area (Å²) in [4.78, 5) is 0. The molecule has 0 aromatic heterocycles. The molecule has 1 atom stereocenters. The van der Waals surface area contributed by atoms with Gasteiger partial charge in [-0.25, -0.2) is 0 Å². The third-order valence-electron chi connectivity index (χ3n) is 3.40. The number of para-hydroxylation sites is 2. The Bertz CT molecular complexity index is 528. The van der Waals surface area contributed by atoms with Gasteiger partial charge in [-0.2, -0.15) is 0 Å². The van der Waals surface area contributed by atoms with Crippen LogP contribution in [0.25, 0.3) is 0 Å². The fraction of sp³-hybridized carbons (Fsp3) is 0.333. The topological polar surface area (TPSA) is 41.5 Å². The zero-order valence-electron chi connectivity index (χ0n) is 12.5. The summed E-state index contributed by atoms with van der Waals surface area (Å²) in [7, 11) is 1.94. The van der Waals surface area contributed by atoms with Crippen molar-refractivity contribution in [2.24, 2.45) is 0 Å². The van der Waals surface area contributed by atoms with Crippen molar-refractivity contribution >= 4 is 0 Å². The zero-order valence-corrected chi connectivity index (χ0v) is 12.5. The van der Waals surface area contributed by atoms with Crippen LogP contribution in [0.3, 0.4) is 0 Å². The lowest BCUT2D eigenvalue weighted by Gasteiger charge is -2.16. The van der Waals surface area contributed by atoms with Gasteiger partial charge in [0.15, 0.2) is 0 Å². The van der Waals surface area contributed by atoms with E-state index >= 15 is 0 Å². The number of hydrogen-bond donors (Lipinski definition) is 2. The number of ether oxygens (including phenoxy) is 1. The molecule has 2 N–H and O–H groups in total. The van der Waals surface area contributed by atoms with Gasteiger partial charge in [-0.15, -0.1) is 0 Å². The van der Waals surface area contributed by atoms with E-state index in [4.69, 9.17) is 4.74 Å². The molecule has 0 amide bonds. The molecule has 0 unspecified atom stereocenters. The SMILES string of the molecule is CNCCCC[C@H](O)c1ccccc1Oc1ccccc1. The van der Waals surface area contributed by atoms with Gasteiger partial charge >= 0.3 is 0 Å². The summed E-state index contributed by atoms with van der Waals surface area (Å²) >= 11 is 0. The predicted octanol–water partition coefficient (Wildman–Crippen LogP) is 3.90. The van der Waals surface area contributed by atoms with E-state index in [1.165, 1.54) is 0 Å². The van der Waals surface area contributed by atoms with Gasteiger partial charge in [0.25, 0.3) is 0 Å². The zero-order chi connectivity index (χ0) is 14.9. The maximum Gasteiger partial charge on any atom is 0.133 e. The highest BCUT2D eigenvalue weighted by molar-refractivity contribution is 5.39. The smallest absolute Gasteiger partial charge is 0.133 e. The first-order valence-corrected chi connectivity index (χ1v) is 7.45. The second-order valence-electron chi connectivity index (χ2n) is 5.07. The summed E-state index contributed by atoms with van der Waals surface area (Å²) in [6.07, 6.45) is 2.31. The van der Waals surface area contributed by atoms with Crippen molar-refractivity contribution in [3.8, 4) is 11.5 Å². The molecule has 0 saturated heterocycles. The van der Waals surface area contributed by atoms with Crippen molar-refractivity contribution < 1.29 is 9.84 Å². The molecule has 3 heteroatoms. The van der Waals surface area contributed by atoms with Crippen molar-refractivity contribution in [2.45, 2.75) is 25.4 Å². The van der Waals surface area contributed by atoms with Crippen molar-refractivity contribution in [2.75, 3.05) is 13.6 Å². The lowest BCUT2D eigenvalue weighted by Crippen LogP contribution is -2.08. The van der Waals surface area contributed by atoms with Crippen LogP contribution >= 0.6 is 0 Å². The van der Waals surface area contributed by atoms with E-state index in [9.17, 15) is 5.11 Å². The molecular formula is C18H23NO2. The third kappa shape index (κ3) is 4.88. The summed E-state index contributed by atoms with van der Waals surface area (Å²) in [6, 6.07) is 17.3. The molecule has 112 valence electrons. The fourth-order valence-corrected chi connectivity index (χ4v) is 2.26. The van der Waals surface area contributed by atoms with Crippen molar-refractivity contribution in [1.29, 1.82) is 0 Å². The molecule has 2 rings (SSSR count). The molecule has 2 aromatic carbocycles. The highest BCUT2D eigenvalue weighted by Crippen LogP contribution is 2.31. The minimum absolute atomic E-state index is 0.484. The normalized spacial score (nSPS) is 12.1. The Morgan fingerprint density at radius 2 is 1.71 bits per heavy atom. The summed E-state index contributed by atoms with van der Waals surface area (Å²) in [5.74, 6) is 1.51. The van der Waals surface area contributed by atoms with Crippen LogP contribution in [-0.2, 0) is 0 Å². The highest BCUT2D eigenvalue weighted by Gasteiger charge is 2.13. The number of hydrogen-bond acceptors (Lipinski definition) is 3. The number of aliphatic hydroxyl groups excluding tert-OH is 1. The molecule has 0 spiro atoms. The number of benzene rings is 2. The van der Waals surface area contributed by atoms with Gasteiger partial charge in [0.2, 0.25) is 0 Å². The van der Waals surface area contributed by atoms with Crippen LogP contribution in [0, 0.1) is 0 Å². The van der Waals surface area contributed by atoms with Crippen LogP contribution in [0.2, 0.25) is 0 Å². The van der Waals surface area contributed by atoms with Gasteiger partial charge in [-0.05, 0) is 51.1 Å². The number of rotatable bonds is 8. The molecule has 0 aliphatic carbocycles. The van der Waals surface area contributed by atoms with Crippen molar-refractivity contribution in [1.82, 2.24) is 5.32 Å². The number of unbranched alkanes of at least 4 members (excludes halogenated alkanes) is 1. The molecule has 2 aromatic rings. The van der Waals surface area contributed by atoms with Crippen LogP contribution in [-0.4, -0.2) is 18.7 Å². The summed E-state index contributed by atoms with van der Waals surface area (Å²) in [5.41, 5.74) is 0.853. The lowest BCUT2D eigenvalue weighted by atomic mass is 10.0. The van der Waals surface area contributed by atoms with Gasteiger partial charge in [0, 0.05) is 5.56 Å². The van der Waals surface area contributed by atoms with Crippen molar-refractivity contribution in [3.63, 3.8) is 0 Å². The Morgan fingerprint density at radius 1 is 1.00 bits per heavy atom. The minimum Gasteiger partial charge on any atom is -0.457 e. The Hall–Kier alpha value is -1.84. The molecule has 3 nitrogen and oxygen atoms in total. The molecule has 0 bridgehead atoms. The van der Waals surface area contributed by atoms with Crippen LogP contribution in [0.15, 0.2) is 54.6 Å². The Kier molecular flexibility index (Phi) is 6.25. The van der Waals surface area contributed by atoms with Gasteiger partial charge in [0.1, 0.15) is 11.5 Å². The Morgan fingerprint density at radius 3 is 2.48 bits per heavy atom. The maximum atomic E-state index is 10.4. The number of nitrogens with one attached hydrogen (secondary N) is 1. The van der Waals surface area contributed by atoms with E-state index in [0.717, 1.165) is 42.9 Å². The average molecular weight is 285 g/mol. The van der Waals surface area contributed by atoms with Crippen molar-refractivity contribution in [3.05, 3.63) is 60.2 Å². The molecule has 21 heavy (non-hydrogen) atoms. The minimum atomic E-state index is -0.484. The average Bonchev–Trinajstić information content (AvgIpc) is 2.53. The first-order chi connectivity index (χ1) is 10.3. The van der Waals surface area contributed by atoms with Crippen LogP contribution in [0.5, 0.6) is 11.5 Å². The lowest BCUT2D eigenvalue weighted by molar-refractivity contribution is 0.160. The van der Waals surface area contributed by atoms with Gasteiger partial charge in [-0.3, -0.25) is 0 Å². The third-order valence-corrected chi connectivity index (χ3v) is 3.40. The summed E-state index contributed by atoms with van der Waals surface area (Å²) in [5, 5.41) is 13.5. The Balaban J connectivity index is 2.02. The van der Waals surface area contributed by atoms with E-state index in [0.29, 0.717) is 0 Å². The van der Waals surface area contributed by atoms with Gasteiger partial charge < -0.3 is 15.2 Å². The Labute approximate surface area is 126 Å². The summed E-state index contributed by atoms with van der Waals surface area (Å²) < 4.78 is 5.89. The molecule has 0 aliphatic heterocycles. The monoisotopic (exact) mass is 285 g/mol. The van der Waals surface area contributed by atoms with E-state index < -0.39 is 6.10 Å². The van der Waals surface area contributed by atoms with E-state index in [1.54, 1.807) is 0 Å². The van der Waals surface area contributed by atoms with Crippen LogP contribution < -0.4 is 10.1 Å². The second-order valence-corrected chi connectivity index (χ2v) is 5.07. The molecular weight excluding hydrogens is 262 g/mol. The maximum absolute atomic E-state index is 10.4. The first kappa shape index (κ1) is 15.5. The van der Waals surface area contributed by atoms with E-state index in [-0.39, 0.29) is 0 Å². The molecule has 0 fully saturated rings. The van der Waals surface area contributed by atoms with E-state index in [1.807, 2.05) is 61.6 Å². The largest absolute Gasteiger partial charge is 0.457 e. The standard InChI is InChI=1S/C18H23NO2/c1-19-14-8-7-12-17(20)16-11-5-6-13-18(16)21-15-9-3-2-4-10-15/h2-6,9-11,13,17,19-20H,7-8,12,14H2,1H3/t17-/m0/s1.